The molecule has 6 aromatic rings. The largest absolute Gasteiger partial charge is 0.497 e. The van der Waals surface area contributed by atoms with Crippen LogP contribution in [0.3, 0.4) is 0 Å². The van der Waals surface area contributed by atoms with E-state index < -0.39 is 32.4 Å². The first-order valence-corrected chi connectivity index (χ1v) is 26.9. The number of methoxy groups -OCH3 is 2. The quantitative estimate of drug-likeness (QED) is 0.0267. The maximum absolute atomic E-state index is 9.82. The van der Waals surface area contributed by atoms with Crippen LogP contribution in [-0.4, -0.2) is 67.1 Å². The number of hydrogen-bond donors (Lipinski definition) is 0. The van der Waals surface area contributed by atoms with E-state index >= 15 is 0 Å². The first-order valence-electron chi connectivity index (χ1n) is 25.8. The molecule has 0 N–H and O–H groups in total. The molecule has 1 saturated heterocycles. The second-order valence-corrected chi connectivity index (χ2v) is 21.7. The number of rotatable bonds is 18. The molecule has 2 aliphatic heterocycles. The molecule has 0 amide bonds. The minimum Gasteiger partial charge on any atom is -0.497 e. The molecule has 13 heteroatoms. The Labute approximate surface area is 449 Å². The van der Waals surface area contributed by atoms with E-state index in [0.717, 1.165) is 67.7 Å². The zero-order chi connectivity index (χ0) is 54.1. The van der Waals surface area contributed by atoms with Crippen molar-refractivity contribution >= 4 is 36.1 Å². The van der Waals surface area contributed by atoms with Crippen LogP contribution in [0.1, 0.15) is 96.0 Å². The van der Waals surface area contributed by atoms with Crippen LogP contribution < -0.4 is 9.47 Å². The highest BCUT2D eigenvalue weighted by Crippen LogP contribution is 2.50. The highest BCUT2D eigenvalue weighted by Gasteiger charge is 2.44. The molecule has 76 heavy (non-hydrogen) atoms. The maximum Gasteiger partial charge on any atom is 0.259 e. The first kappa shape index (κ1) is 55.0. The number of aromatic nitrogens is 1. The third-order valence-electron chi connectivity index (χ3n) is 13.6. The number of benzene rings is 5. The van der Waals surface area contributed by atoms with Gasteiger partial charge in [-0.1, -0.05) is 87.2 Å². The van der Waals surface area contributed by atoms with E-state index in [-0.39, 0.29) is 42.7 Å². The fourth-order valence-corrected chi connectivity index (χ4v) is 11.7. The number of nitrogens with zero attached hydrogens (tertiary/aromatic N) is 5. The van der Waals surface area contributed by atoms with Gasteiger partial charge in [-0.2, -0.15) is 15.8 Å². The van der Waals surface area contributed by atoms with E-state index in [4.69, 9.17) is 32.7 Å². The van der Waals surface area contributed by atoms with Gasteiger partial charge in [-0.25, -0.2) is 4.67 Å². The predicted molar refractivity (Wildman–Crippen MR) is 298 cm³/mol. The van der Waals surface area contributed by atoms with Crippen LogP contribution in [0.2, 0.25) is 0 Å². The van der Waals surface area contributed by atoms with Gasteiger partial charge < -0.3 is 37.3 Å². The van der Waals surface area contributed by atoms with Crippen LogP contribution in [0.5, 0.6) is 11.5 Å². The molecule has 0 aliphatic carbocycles. The van der Waals surface area contributed by atoms with Crippen LogP contribution in [0, 0.1) is 51.2 Å². The Morgan fingerprint density at radius 3 is 1.95 bits per heavy atom. The summed E-state index contributed by atoms with van der Waals surface area (Å²) < 4.78 is 50.2. The Kier molecular flexibility index (Phi) is 17.5. The molecule has 1 unspecified atom stereocenters. The molecule has 1 fully saturated rings. The molecule has 5 aromatic carbocycles. The zero-order valence-corrected chi connectivity index (χ0v) is 46.0. The van der Waals surface area contributed by atoms with Crippen LogP contribution in [0.4, 0.5) is 0 Å². The second-order valence-electron chi connectivity index (χ2n) is 20.3. The summed E-state index contributed by atoms with van der Waals surface area (Å²) in [6.45, 7) is 17.8. The Morgan fingerprint density at radius 2 is 1.38 bits per heavy atom. The molecule has 0 saturated carbocycles. The van der Waals surface area contributed by atoms with Crippen molar-refractivity contribution in [2.24, 2.45) is 5.41 Å². The topological polar surface area (TPSA) is 144 Å². The summed E-state index contributed by atoms with van der Waals surface area (Å²) in [6.07, 6.45) is 2.59. The summed E-state index contributed by atoms with van der Waals surface area (Å²) in [4.78, 5) is 0. The molecule has 1 aromatic heterocycles. The molecule has 3 heterocycles. The summed E-state index contributed by atoms with van der Waals surface area (Å²) in [5.74, 6) is 9.64. The average Bonchev–Trinajstić information content (AvgIpc) is 4.05. The normalized spacial score (nSPS) is 17.1. The minimum absolute atomic E-state index is 0.0256. The Morgan fingerprint density at radius 1 is 0.776 bits per heavy atom. The number of allylic oxidation sites excluding steroid dienone is 5. The molecular formula is C63H66N5O7P. The minimum atomic E-state index is -1.65. The number of ether oxygens (including phenoxy) is 5. The number of aryl methyl sites for hydroxylation is 1. The number of nitriles is 3. The van der Waals surface area contributed by atoms with E-state index in [0.29, 0.717) is 23.5 Å². The standard InChI is InChI=1S/C63H66N5O7P/c1-11-67-56-30-19-44(34-54(56)55-35-45(20-31-57(55)67)58-36-46(47(39-65)40-66)37-61(74-58)62(6,7)8)18-25-53-38-59(75-76(72-33-15-32-64)68(42(2)3)43(4)5)60(73-53)41-71-63(48-16-13-12-14-17-48,49-21-26-51(69-9)27-22-49)50-23-28-52(70-10)29-24-50/h12-14,16-17,19-24,26-31,34-37,42-43,53,59-60H,11,15,33,38,41H2,1-10H3/t53-,59+,60-,76?/m1/s1. The predicted octanol–water partition coefficient (Wildman–Crippen LogP) is 13.7. The van der Waals surface area contributed by atoms with E-state index in [1.54, 1.807) is 26.4 Å². The lowest BCUT2D eigenvalue weighted by Gasteiger charge is -2.39. The van der Waals surface area contributed by atoms with Crippen LogP contribution in [-0.2, 0) is 35.4 Å². The van der Waals surface area contributed by atoms with Crippen molar-refractivity contribution < 1.29 is 32.7 Å². The molecule has 0 spiro atoms. The Bertz CT molecular complexity index is 3250. The fraction of sp³-hybridized carbons (Fsp3) is 0.349. The molecular weight excluding hydrogens is 970 g/mol. The van der Waals surface area contributed by atoms with Gasteiger partial charge in [0.2, 0.25) is 0 Å². The van der Waals surface area contributed by atoms with Gasteiger partial charge in [0.1, 0.15) is 58.5 Å². The van der Waals surface area contributed by atoms with E-state index in [1.165, 1.54) is 0 Å². The summed E-state index contributed by atoms with van der Waals surface area (Å²) >= 11 is 0. The van der Waals surface area contributed by atoms with Gasteiger partial charge in [-0.3, -0.25) is 0 Å². The Balaban J connectivity index is 1.18. The van der Waals surface area contributed by atoms with Crippen molar-refractivity contribution in [3.63, 3.8) is 0 Å². The van der Waals surface area contributed by atoms with Crippen molar-refractivity contribution in [1.29, 1.82) is 15.8 Å². The molecule has 2 aliphatic rings. The second kappa shape index (κ2) is 24.2. The fourth-order valence-electron chi connectivity index (χ4n) is 9.91. The van der Waals surface area contributed by atoms with Crippen molar-refractivity contribution in [2.75, 3.05) is 27.4 Å². The van der Waals surface area contributed by atoms with Crippen LogP contribution in [0.25, 0.3) is 27.6 Å². The maximum atomic E-state index is 9.82. The van der Waals surface area contributed by atoms with Crippen molar-refractivity contribution in [2.45, 2.75) is 111 Å². The lowest BCUT2D eigenvalue weighted by molar-refractivity contribution is -0.0736. The van der Waals surface area contributed by atoms with Crippen LogP contribution in [0.15, 0.2) is 144 Å². The van der Waals surface area contributed by atoms with Gasteiger partial charge in [0.05, 0.1) is 46.0 Å². The number of hydrogen-bond acceptors (Lipinski definition) is 11. The molecule has 390 valence electrons. The molecule has 4 atom stereocenters. The highest BCUT2D eigenvalue weighted by molar-refractivity contribution is 7.44. The lowest BCUT2D eigenvalue weighted by atomic mass is 9.80. The smallest absolute Gasteiger partial charge is 0.259 e. The molecule has 0 bridgehead atoms. The Hall–Kier alpha value is -7.22. The summed E-state index contributed by atoms with van der Waals surface area (Å²) in [7, 11) is 1.66. The van der Waals surface area contributed by atoms with Crippen LogP contribution >= 0.6 is 8.53 Å². The monoisotopic (exact) mass is 1040 g/mol. The summed E-state index contributed by atoms with van der Waals surface area (Å²) in [5.41, 5.74) is 5.51. The first-order chi connectivity index (χ1) is 36.6. The van der Waals surface area contributed by atoms with Crippen molar-refractivity contribution in [1.82, 2.24) is 9.24 Å². The summed E-state index contributed by atoms with van der Waals surface area (Å²) in [5, 5.41) is 31.2. The van der Waals surface area contributed by atoms with Gasteiger partial charge in [-0.05, 0) is 124 Å². The molecule has 12 nitrogen and oxygen atoms in total. The SMILES string of the molecule is CCn1c2ccc(C#C[C@@H]3C[C@H](OP(OCCC#N)N(C(C)C)C(C)C)[C@@H](COC(c4ccccc4)(c4ccc(OC)cc4)c4ccc(OC)cc4)O3)cc2c2cc(C3=CC(=C(C#N)C#N)C=C(C(C)(C)C)O3)ccc21. The highest BCUT2D eigenvalue weighted by atomic mass is 31.2. The van der Waals surface area contributed by atoms with Gasteiger partial charge in [0, 0.05) is 69.0 Å². The van der Waals surface area contributed by atoms with Crippen molar-refractivity contribution in [3.05, 3.63) is 172 Å². The lowest BCUT2D eigenvalue weighted by Crippen LogP contribution is -2.39. The van der Waals surface area contributed by atoms with Gasteiger partial charge in [0.25, 0.3) is 8.53 Å². The third-order valence-corrected chi connectivity index (χ3v) is 15.8. The number of fused-ring (bicyclic) bond motifs is 3. The van der Waals surface area contributed by atoms with E-state index in [2.05, 4.69) is 110 Å². The van der Waals surface area contributed by atoms with E-state index in [1.807, 2.05) is 99.6 Å². The van der Waals surface area contributed by atoms with Gasteiger partial charge >= 0.3 is 0 Å². The molecule has 8 rings (SSSR count). The molecule has 0 radical (unpaired) electrons. The summed E-state index contributed by atoms with van der Waals surface area (Å²) in [6, 6.07) is 45.1. The van der Waals surface area contributed by atoms with E-state index in [9.17, 15) is 15.8 Å². The average molecular weight is 1040 g/mol. The van der Waals surface area contributed by atoms with Gasteiger partial charge in [-0.15, -0.1) is 0 Å². The third kappa shape index (κ3) is 11.8. The van der Waals surface area contributed by atoms with Gasteiger partial charge in [0.15, 0.2) is 0 Å². The van der Waals surface area contributed by atoms with Crippen molar-refractivity contribution in [3.8, 4) is 41.5 Å². The zero-order valence-electron chi connectivity index (χ0n) is 45.1.